The highest BCUT2D eigenvalue weighted by Crippen LogP contribution is 2.29. The van der Waals surface area contributed by atoms with E-state index in [4.69, 9.17) is 16.0 Å². The van der Waals surface area contributed by atoms with E-state index in [1.165, 1.54) is 10.5 Å². The molecule has 0 saturated carbocycles. The number of halogens is 1. The van der Waals surface area contributed by atoms with Crippen LogP contribution in [-0.2, 0) is 12.3 Å². The van der Waals surface area contributed by atoms with Gasteiger partial charge in [0.15, 0.2) is 0 Å². The molecule has 0 spiro atoms. The normalized spacial score (nSPS) is 10.8. The van der Waals surface area contributed by atoms with Crippen LogP contribution < -0.4 is 5.32 Å². The second-order valence-electron chi connectivity index (χ2n) is 4.30. The molecule has 0 atom stereocenters. The number of hydrogen-bond acceptors (Lipinski definition) is 3. The van der Waals surface area contributed by atoms with E-state index in [1.54, 1.807) is 18.0 Å². The summed E-state index contributed by atoms with van der Waals surface area (Å²) in [6.07, 6.45) is 2.85. The van der Waals surface area contributed by atoms with Gasteiger partial charge in [-0.15, -0.1) is 11.8 Å². The Morgan fingerprint density at radius 3 is 2.95 bits per heavy atom. The van der Waals surface area contributed by atoms with Crippen LogP contribution in [0.4, 0.5) is 0 Å². The van der Waals surface area contributed by atoms with Gasteiger partial charge in [-0.2, -0.15) is 0 Å². The van der Waals surface area contributed by atoms with E-state index in [9.17, 15) is 0 Å². The number of rotatable bonds is 7. The molecule has 102 valence electrons. The summed E-state index contributed by atoms with van der Waals surface area (Å²) < 4.78 is 5.35. The lowest BCUT2D eigenvalue weighted by molar-refractivity contribution is 0.530. The number of nitrogens with one attached hydrogen (secondary N) is 1. The third-order valence-corrected chi connectivity index (χ3v) is 4.08. The predicted octanol–water partition coefficient (Wildman–Crippen LogP) is 4.72. The number of hydrogen-bond donors (Lipinski definition) is 1. The molecule has 2 rings (SSSR count). The Morgan fingerprint density at radius 1 is 1.32 bits per heavy atom. The molecule has 0 aliphatic rings. The summed E-state index contributed by atoms with van der Waals surface area (Å²) in [5.41, 5.74) is 1.29. The molecular formula is C15H18ClNOS. The van der Waals surface area contributed by atoms with Crippen LogP contribution in [0.3, 0.4) is 0 Å². The van der Waals surface area contributed by atoms with E-state index in [1.807, 2.05) is 24.3 Å². The molecule has 0 amide bonds. The lowest BCUT2D eigenvalue weighted by atomic mass is 10.2. The Kier molecular flexibility index (Phi) is 5.83. The minimum Gasteiger partial charge on any atom is -0.468 e. The summed E-state index contributed by atoms with van der Waals surface area (Å²) in [5.74, 6) is 1.81. The highest BCUT2D eigenvalue weighted by molar-refractivity contribution is 7.98. The van der Waals surface area contributed by atoms with Crippen molar-refractivity contribution in [2.75, 3.05) is 6.54 Å². The molecule has 2 nitrogen and oxygen atoms in total. The van der Waals surface area contributed by atoms with E-state index in [0.29, 0.717) is 0 Å². The van der Waals surface area contributed by atoms with Crippen molar-refractivity contribution in [3.63, 3.8) is 0 Å². The Labute approximate surface area is 123 Å². The molecule has 19 heavy (non-hydrogen) atoms. The number of furan rings is 1. The van der Waals surface area contributed by atoms with Crippen molar-refractivity contribution >= 4 is 23.4 Å². The van der Waals surface area contributed by atoms with Crippen LogP contribution >= 0.6 is 23.4 Å². The van der Waals surface area contributed by atoms with Crippen molar-refractivity contribution in [2.45, 2.75) is 30.5 Å². The highest BCUT2D eigenvalue weighted by Gasteiger charge is 2.06. The number of thioether (sulfide) groups is 1. The van der Waals surface area contributed by atoms with Crippen LogP contribution in [0.25, 0.3) is 0 Å². The first-order chi connectivity index (χ1) is 9.29. The molecule has 1 aromatic carbocycles. The summed E-state index contributed by atoms with van der Waals surface area (Å²) in [4.78, 5) is 1.22. The van der Waals surface area contributed by atoms with Crippen molar-refractivity contribution in [3.8, 4) is 0 Å². The van der Waals surface area contributed by atoms with Gasteiger partial charge >= 0.3 is 0 Å². The first kappa shape index (κ1) is 14.5. The molecule has 0 radical (unpaired) electrons. The maximum Gasteiger partial charge on any atom is 0.113 e. The van der Waals surface area contributed by atoms with Gasteiger partial charge in [0.05, 0.1) is 12.0 Å². The topological polar surface area (TPSA) is 25.2 Å². The van der Waals surface area contributed by atoms with Gasteiger partial charge in [-0.3, -0.25) is 0 Å². The van der Waals surface area contributed by atoms with Gasteiger partial charge in [0.2, 0.25) is 0 Å². The fourth-order valence-electron chi connectivity index (χ4n) is 1.75. The lowest BCUT2D eigenvalue weighted by Gasteiger charge is -2.10. The van der Waals surface area contributed by atoms with Gasteiger partial charge in [-0.05, 0) is 42.8 Å². The molecule has 0 unspecified atom stereocenters. The first-order valence-electron chi connectivity index (χ1n) is 6.44. The van der Waals surface area contributed by atoms with Crippen LogP contribution in [-0.4, -0.2) is 6.54 Å². The van der Waals surface area contributed by atoms with Gasteiger partial charge in [-0.1, -0.05) is 24.6 Å². The maximum atomic E-state index is 6.08. The average molecular weight is 296 g/mol. The maximum absolute atomic E-state index is 6.08. The highest BCUT2D eigenvalue weighted by atomic mass is 35.5. The third-order valence-electron chi connectivity index (χ3n) is 2.72. The summed E-state index contributed by atoms with van der Waals surface area (Å²) in [5, 5.41) is 4.20. The van der Waals surface area contributed by atoms with E-state index in [0.717, 1.165) is 36.0 Å². The Bertz CT molecular complexity index is 499. The number of benzene rings is 1. The zero-order valence-electron chi connectivity index (χ0n) is 11.0. The monoisotopic (exact) mass is 295 g/mol. The molecular weight excluding hydrogens is 278 g/mol. The van der Waals surface area contributed by atoms with Gasteiger partial charge < -0.3 is 9.73 Å². The van der Waals surface area contributed by atoms with Crippen molar-refractivity contribution in [3.05, 3.63) is 52.9 Å². The fourth-order valence-corrected chi connectivity index (χ4v) is 2.99. The first-order valence-corrected chi connectivity index (χ1v) is 7.80. The van der Waals surface area contributed by atoms with E-state index in [-0.39, 0.29) is 0 Å². The molecule has 2 aromatic rings. The lowest BCUT2D eigenvalue weighted by Crippen LogP contribution is -2.14. The summed E-state index contributed by atoms with van der Waals surface area (Å²) >= 11 is 7.84. The minimum absolute atomic E-state index is 0.779. The van der Waals surface area contributed by atoms with Crippen LogP contribution in [0.1, 0.15) is 24.7 Å². The summed E-state index contributed by atoms with van der Waals surface area (Å²) in [6, 6.07) is 9.97. The van der Waals surface area contributed by atoms with Gasteiger partial charge in [0.1, 0.15) is 5.76 Å². The van der Waals surface area contributed by atoms with Gasteiger partial charge in [-0.25, -0.2) is 0 Å². The Balaban J connectivity index is 2.01. The molecule has 0 fully saturated rings. The molecule has 0 saturated heterocycles. The second kappa shape index (κ2) is 7.63. The van der Waals surface area contributed by atoms with E-state index in [2.05, 4.69) is 18.3 Å². The zero-order valence-corrected chi connectivity index (χ0v) is 12.6. The van der Waals surface area contributed by atoms with Crippen LogP contribution in [0.15, 0.2) is 45.9 Å². The smallest absolute Gasteiger partial charge is 0.113 e. The summed E-state index contributed by atoms with van der Waals surface area (Å²) in [7, 11) is 0. The van der Waals surface area contributed by atoms with Crippen LogP contribution in [0.2, 0.25) is 5.02 Å². The van der Waals surface area contributed by atoms with Crippen molar-refractivity contribution in [1.29, 1.82) is 0 Å². The van der Waals surface area contributed by atoms with Crippen LogP contribution in [0.5, 0.6) is 0 Å². The quantitative estimate of drug-likeness (QED) is 0.591. The third kappa shape index (κ3) is 4.60. The standard InChI is InChI=1S/C15H18ClNOS/c1-2-7-17-10-12-5-6-13(16)9-15(12)19-11-14-4-3-8-18-14/h3-6,8-9,17H,2,7,10-11H2,1H3. The molecule has 0 bridgehead atoms. The SMILES string of the molecule is CCCNCc1ccc(Cl)cc1SCc1ccco1. The van der Waals surface area contributed by atoms with Crippen molar-refractivity contribution in [1.82, 2.24) is 5.32 Å². The van der Waals surface area contributed by atoms with Gasteiger partial charge in [0.25, 0.3) is 0 Å². The van der Waals surface area contributed by atoms with Crippen molar-refractivity contribution in [2.24, 2.45) is 0 Å². The molecule has 0 aliphatic carbocycles. The van der Waals surface area contributed by atoms with Crippen molar-refractivity contribution < 1.29 is 4.42 Å². The molecule has 1 N–H and O–H groups in total. The molecule has 4 heteroatoms. The molecule has 0 aliphatic heterocycles. The summed E-state index contributed by atoms with van der Waals surface area (Å²) in [6.45, 7) is 4.08. The molecule has 1 heterocycles. The second-order valence-corrected chi connectivity index (χ2v) is 5.75. The molecule has 1 aromatic heterocycles. The minimum atomic E-state index is 0.779. The van der Waals surface area contributed by atoms with Gasteiger partial charge in [0, 0.05) is 16.5 Å². The van der Waals surface area contributed by atoms with Crippen LogP contribution in [0, 0.1) is 0 Å². The average Bonchev–Trinajstić information content (AvgIpc) is 2.92. The Hall–Kier alpha value is -0.900. The predicted molar refractivity (Wildman–Crippen MR) is 81.7 cm³/mol. The largest absolute Gasteiger partial charge is 0.468 e. The fraction of sp³-hybridized carbons (Fsp3) is 0.333. The Morgan fingerprint density at radius 2 is 2.21 bits per heavy atom. The zero-order chi connectivity index (χ0) is 13.5. The van der Waals surface area contributed by atoms with E-state index >= 15 is 0 Å². The van der Waals surface area contributed by atoms with E-state index < -0.39 is 0 Å².